The topological polar surface area (TPSA) is 107 Å². The first-order chi connectivity index (χ1) is 19.1. The van der Waals surface area contributed by atoms with Crippen molar-refractivity contribution in [2.45, 2.75) is 13.2 Å². The largest absolute Gasteiger partial charge is 0.488 e. The fourth-order valence-corrected chi connectivity index (χ4v) is 5.11. The van der Waals surface area contributed by atoms with E-state index in [1.807, 2.05) is 59.4 Å². The summed E-state index contributed by atoms with van der Waals surface area (Å²) in [5, 5.41) is 5.70. The molecule has 1 aliphatic heterocycles. The molecule has 0 spiro atoms. The van der Waals surface area contributed by atoms with Crippen molar-refractivity contribution in [2.75, 3.05) is 45.5 Å². The molecule has 0 radical (unpaired) electrons. The first-order valence-corrected chi connectivity index (χ1v) is 13.8. The van der Waals surface area contributed by atoms with Crippen molar-refractivity contribution in [3.05, 3.63) is 71.4 Å². The zero-order valence-corrected chi connectivity index (χ0v) is 22.5. The number of aromatic nitrogens is 5. The van der Waals surface area contributed by atoms with Crippen LogP contribution in [0.4, 0.5) is 5.82 Å². The fraction of sp³-hybridized carbons (Fsp3) is 0.286. The molecule has 2 aromatic carbocycles. The van der Waals surface area contributed by atoms with Gasteiger partial charge in [0.05, 0.1) is 22.3 Å². The van der Waals surface area contributed by atoms with Gasteiger partial charge in [0.15, 0.2) is 5.65 Å². The minimum atomic E-state index is 0.427. The van der Waals surface area contributed by atoms with Crippen molar-refractivity contribution < 1.29 is 9.47 Å². The van der Waals surface area contributed by atoms with Crippen LogP contribution in [-0.2, 0) is 13.2 Å². The quantitative estimate of drug-likeness (QED) is 0.294. The molecule has 0 bridgehead atoms. The van der Waals surface area contributed by atoms with E-state index in [0.717, 1.165) is 72.2 Å². The number of likely N-dealkylation sites (N-methyl/N-ethyl adjacent to an activating group) is 1. The fourth-order valence-electron chi connectivity index (χ4n) is 4.61. The Balaban J connectivity index is 1.17. The van der Waals surface area contributed by atoms with Crippen LogP contribution in [0.25, 0.3) is 22.3 Å². The van der Waals surface area contributed by atoms with E-state index < -0.39 is 0 Å². The maximum Gasteiger partial charge on any atom is 0.164 e. The van der Waals surface area contributed by atoms with E-state index in [2.05, 4.69) is 31.8 Å². The summed E-state index contributed by atoms with van der Waals surface area (Å²) in [6, 6.07) is 15.4. The SMILES string of the molecule is CN1CCN(CCn2nc(-c3ccc(Oc4cccc(OCc5cncs5)c4)cc3)c3c(N)ncnc32)CC1. The van der Waals surface area contributed by atoms with Crippen molar-refractivity contribution in [2.24, 2.45) is 0 Å². The van der Waals surface area contributed by atoms with Gasteiger partial charge in [-0.25, -0.2) is 14.6 Å². The maximum atomic E-state index is 6.30. The highest BCUT2D eigenvalue weighted by Gasteiger charge is 2.19. The van der Waals surface area contributed by atoms with Crippen molar-refractivity contribution in [1.82, 2.24) is 34.5 Å². The number of rotatable bonds is 9. The molecule has 0 unspecified atom stereocenters. The molecular weight excluding hydrogens is 512 g/mol. The Bertz CT molecular complexity index is 1530. The van der Waals surface area contributed by atoms with Crippen LogP contribution in [0, 0.1) is 0 Å². The van der Waals surface area contributed by atoms with Crippen LogP contribution in [-0.4, -0.2) is 74.3 Å². The standard InChI is InChI=1S/C28H30N8O2S/c1-34-9-11-35(12-10-34)13-14-36-28-25(27(29)31-18-32-28)26(33-36)20-5-7-21(8-6-20)38-23-4-2-3-22(15-23)37-17-24-16-30-19-39-24/h2-8,15-16,18-19H,9-14,17H2,1H3,(H2,29,31,32). The molecule has 1 aliphatic rings. The van der Waals surface area contributed by atoms with Gasteiger partial charge in [0.1, 0.15) is 41.7 Å². The van der Waals surface area contributed by atoms with E-state index in [1.165, 1.54) is 6.33 Å². The van der Waals surface area contributed by atoms with E-state index in [-0.39, 0.29) is 0 Å². The third kappa shape index (κ3) is 5.85. The third-order valence-electron chi connectivity index (χ3n) is 6.82. The lowest BCUT2D eigenvalue weighted by Gasteiger charge is -2.32. The summed E-state index contributed by atoms with van der Waals surface area (Å²) in [7, 11) is 2.16. The Morgan fingerprint density at radius 1 is 0.949 bits per heavy atom. The number of nitrogens with two attached hydrogens (primary N) is 1. The number of thiazole rings is 1. The summed E-state index contributed by atoms with van der Waals surface area (Å²) in [5.41, 5.74) is 10.5. The molecule has 0 amide bonds. The summed E-state index contributed by atoms with van der Waals surface area (Å²) in [6.07, 6.45) is 3.31. The number of hydrogen-bond donors (Lipinski definition) is 1. The zero-order chi connectivity index (χ0) is 26.6. The Morgan fingerprint density at radius 2 is 1.77 bits per heavy atom. The second-order valence-corrected chi connectivity index (χ2v) is 10.5. The van der Waals surface area contributed by atoms with Crippen molar-refractivity contribution in [3.8, 4) is 28.5 Å². The van der Waals surface area contributed by atoms with Crippen LogP contribution in [0.5, 0.6) is 17.2 Å². The molecule has 4 heterocycles. The molecule has 10 nitrogen and oxygen atoms in total. The first-order valence-electron chi connectivity index (χ1n) is 12.9. The van der Waals surface area contributed by atoms with Gasteiger partial charge in [-0.1, -0.05) is 6.07 Å². The molecule has 0 saturated carbocycles. The summed E-state index contributed by atoms with van der Waals surface area (Å²) in [5.74, 6) is 2.57. The number of anilines is 1. The zero-order valence-electron chi connectivity index (χ0n) is 21.7. The predicted molar refractivity (Wildman–Crippen MR) is 152 cm³/mol. The summed E-state index contributed by atoms with van der Waals surface area (Å²) in [6.45, 7) is 6.40. The van der Waals surface area contributed by atoms with Gasteiger partial charge in [-0.05, 0) is 43.4 Å². The van der Waals surface area contributed by atoms with E-state index in [9.17, 15) is 0 Å². The van der Waals surface area contributed by atoms with E-state index in [0.29, 0.717) is 23.9 Å². The lowest BCUT2D eigenvalue weighted by Crippen LogP contribution is -2.45. The van der Waals surface area contributed by atoms with Gasteiger partial charge in [0, 0.05) is 50.6 Å². The van der Waals surface area contributed by atoms with E-state index in [4.69, 9.17) is 20.3 Å². The minimum Gasteiger partial charge on any atom is -0.488 e. The number of ether oxygens (including phenoxy) is 2. The number of hydrogen-bond acceptors (Lipinski definition) is 10. The third-order valence-corrected chi connectivity index (χ3v) is 7.57. The summed E-state index contributed by atoms with van der Waals surface area (Å²) >= 11 is 1.57. The number of nitrogen functional groups attached to an aromatic ring is 1. The predicted octanol–water partition coefficient (Wildman–Crippen LogP) is 4.15. The lowest BCUT2D eigenvalue weighted by atomic mass is 10.1. The van der Waals surface area contributed by atoms with Crippen LogP contribution in [0.1, 0.15) is 4.88 Å². The molecular formula is C28H30N8O2S. The Labute approximate surface area is 230 Å². The van der Waals surface area contributed by atoms with Gasteiger partial charge in [-0.2, -0.15) is 5.10 Å². The van der Waals surface area contributed by atoms with Gasteiger partial charge in [0.25, 0.3) is 0 Å². The van der Waals surface area contributed by atoms with Gasteiger partial charge in [-0.3, -0.25) is 9.88 Å². The van der Waals surface area contributed by atoms with Crippen LogP contribution >= 0.6 is 11.3 Å². The molecule has 3 aromatic heterocycles. The van der Waals surface area contributed by atoms with Crippen molar-refractivity contribution >= 4 is 28.2 Å². The van der Waals surface area contributed by atoms with Crippen LogP contribution in [0.2, 0.25) is 0 Å². The van der Waals surface area contributed by atoms with Crippen molar-refractivity contribution in [3.63, 3.8) is 0 Å². The number of benzene rings is 2. The molecule has 5 aromatic rings. The first kappa shape index (κ1) is 25.2. The molecule has 0 aliphatic carbocycles. The monoisotopic (exact) mass is 542 g/mol. The van der Waals surface area contributed by atoms with Crippen molar-refractivity contribution in [1.29, 1.82) is 0 Å². The smallest absolute Gasteiger partial charge is 0.164 e. The minimum absolute atomic E-state index is 0.427. The van der Waals surface area contributed by atoms with Crippen LogP contribution in [0.15, 0.2) is 66.6 Å². The molecule has 2 N–H and O–H groups in total. The molecule has 200 valence electrons. The average Bonchev–Trinajstić information content (AvgIpc) is 3.61. The Kier molecular flexibility index (Phi) is 7.35. The highest BCUT2D eigenvalue weighted by molar-refractivity contribution is 7.09. The number of fused-ring (bicyclic) bond motifs is 1. The van der Waals surface area contributed by atoms with Crippen LogP contribution in [0.3, 0.4) is 0 Å². The molecule has 0 atom stereocenters. The molecule has 1 saturated heterocycles. The van der Waals surface area contributed by atoms with E-state index in [1.54, 1.807) is 16.8 Å². The van der Waals surface area contributed by atoms with Gasteiger partial charge in [0.2, 0.25) is 0 Å². The molecule has 39 heavy (non-hydrogen) atoms. The summed E-state index contributed by atoms with van der Waals surface area (Å²) in [4.78, 5) is 18.7. The normalized spacial score (nSPS) is 14.6. The molecule has 1 fully saturated rings. The molecule has 6 rings (SSSR count). The average molecular weight is 543 g/mol. The Morgan fingerprint density at radius 3 is 2.56 bits per heavy atom. The Hall–Kier alpha value is -4.06. The van der Waals surface area contributed by atoms with Gasteiger partial charge >= 0.3 is 0 Å². The van der Waals surface area contributed by atoms with Gasteiger partial charge < -0.3 is 20.1 Å². The van der Waals surface area contributed by atoms with E-state index >= 15 is 0 Å². The van der Waals surface area contributed by atoms with Gasteiger partial charge in [-0.15, -0.1) is 11.3 Å². The molecule has 11 heteroatoms. The number of piperazine rings is 1. The maximum absolute atomic E-state index is 6.30. The second-order valence-electron chi connectivity index (χ2n) is 9.53. The van der Waals surface area contributed by atoms with Crippen LogP contribution < -0.4 is 15.2 Å². The number of nitrogens with zero attached hydrogens (tertiary/aromatic N) is 7. The lowest BCUT2D eigenvalue weighted by molar-refractivity contribution is 0.149. The highest BCUT2D eigenvalue weighted by Crippen LogP contribution is 2.32. The highest BCUT2D eigenvalue weighted by atomic mass is 32.1. The second kappa shape index (κ2) is 11.4. The summed E-state index contributed by atoms with van der Waals surface area (Å²) < 4.78 is 13.9.